The van der Waals surface area contributed by atoms with Crippen molar-refractivity contribution in [2.24, 2.45) is 5.92 Å². The van der Waals surface area contributed by atoms with E-state index in [0.717, 1.165) is 19.5 Å². The van der Waals surface area contributed by atoms with E-state index in [1.54, 1.807) is 0 Å². The molecule has 0 bridgehead atoms. The van der Waals surface area contributed by atoms with Gasteiger partial charge < -0.3 is 10.0 Å². The number of amides is 1. The summed E-state index contributed by atoms with van der Waals surface area (Å²) in [6.07, 6.45) is 0.942. The average Bonchev–Trinajstić information content (AvgIpc) is 2.44. The predicted octanol–water partition coefficient (Wildman–Crippen LogP) is 1.27. The lowest BCUT2D eigenvalue weighted by Gasteiger charge is -2.49. The van der Waals surface area contributed by atoms with Crippen molar-refractivity contribution in [3.63, 3.8) is 0 Å². The zero-order chi connectivity index (χ0) is 15.0. The van der Waals surface area contributed by atoms with Crippen molar-refractivity contribution in [1.29, 1.82) is 0 Å². The number of benzene rings is 1. The van der Waals surface area contributed by atoms with E-state index in [0.29, 0.717) is 19.6 Å². The van der Waals surface area contributed by atoms with Crippen LogP contribution in [0.1, 0.15) is 25.0 Å². The minimum absolute atomic E-state index is 0.176. The van der Waals surface area contributed by atoms with Crippen LogP contribution in [0.5, 0.6) is 0 Å². The first-order valence-electron chi connectivity index (χ1n) is 7.77. The number of nitrogens with zero attached hydrogens (tertiary/aromatic N) is 2. The number of carbonyl (C=O) groups is 1. The molecule has 0 spiro atoms. The van der Waals surface area contributed by atoms with Crippen LogP contribution < -0.4 is 0 Å². The van der Waals surface area contributed by atoms with E-state index in [4.69, 9.17) is 0 Å². The molecule has 1 N–H and O–H groups in total. The molecule has 0 radical (unpaired) electrons. The second-order valence-corrected chi connectivity index (χ2v) is 6.74. The molecule has 2 heterocycles. The number of hydrogen-bond acceptors (Lipinski definition) is 3. The van der Waals surface area contributed by atoms with Gasteiger partial charge >= 0.3 is 0 Å². The summed E-state index contributed by atoms with van der Waals surface area (Å²) in [7, 11) is 0. The highest BCUT2D eigenvalue weighted by Gasteiger charge is 2.44. The predicted molar refractivity (Wildman–Crippen MR) is 81.8 cm³/mol. The van der Waals surface area contributed by atoms with Crippen molar-refractivity contribution in [2.45, 2.75) is 32.4 Å². The third kappa shape index (κ3) is 2.83. The number of aliphatic hydroxyl groups is 1. The smallest absolute Gasteiger partial charge is 0.237 e. The Morgan fingerprint density at radius 2 is 1.95 bits per heavy atom. The first-order chi connectivity index (χ1) is 9.98. The Labute approximate surface area is 126 Å². The van der Waals surface area contributed by atoms with Gasteiger partial charge in [-0.2, -0.15) is 0 Å². The normalized spacial score (nSPS) is 21.0. The first kappa shape index (κ1) is 14.5. The Bertz CT molecular complexity index is 535. The van der Waals surface area contributed by atoms with Gasteiger partial charge in [0.15, 0.2) is 0 Å². The molecule has 1 aromatic rings. The van der Waals surface area contributed by atoms with Gasteiger partial charge in [-0.3, -0.25) is 9.69 Å². The number of carbonyl (C=O) groups excluding carboxylic acids is 1. The van der Waals surface area contributed by atoms with Gasteiger partial charge in [0.25, 0.3) is 0 Å². The average molecular weight is 288 g/mol. The number of rotatable bonds is 3. The molecule has 114 valence electrons. The van der Waals surface area contributed by atoms with Gasteiger partial charge in [0.2, 0.25) is 5.91 Å². The van der Waals surface area contributed by atoms with Crippen LogP contribution >= 0.6 is 0 Å². The molecular weight excluding hydrogens is 264 g/mol. The maximum absolute atomic E-state index is 12.4. The van der Waals surface area contributed by atoms with Crippen LogP contribution in [0, 0.1) is 5.92 Å². The zero-order valence-corrected chi connectivity index (χ0v) is 12.9. The topological polar surface area (TPSA) is 43.8 Å². The number of likely N-dealkylation sites (tertiary alicyclic amines) is 1. The highest BCUT2D eigenvalue weighted by molar-refractivity contribution is 5.78. The summed E-state index contributed by atoms with van der Waals surface area (Å²) in [4.78, 5) is 16.4. The van der Waals surface area contributed by atoms with E-state index in [-0.39, 0.29) is 11.8 Å². The van der Waals surface area contributed by atoms with E-state index >= 15 is 0 Å². The molecule has 21 heavy (non-hydrogen) atoms. The maximum Gasteiger partial charge on any atom is 0.237 e. The van der Waals surface area contributed by atoms with Crippen molar-refractivity contribution in [3.8, 4) is 0 Å². The van der Waals surface area contributed by atoms with Crippen LogP contribution in [0.15, 0.2) is 24.3 Å². The van der Waals surface area contributed by atoms with Gasteiger partial charge in [0, 0.05) is 26.2 Å². The van der Waals surface area contributed by atoms with E-state index in [2.05, 4.69) is 18.2 Å². The summed E-state index contributed by atoms with van der Waals surface area (Å²) in [5, 5.41) is 10.2. The summed E-state index contributed by atoms with van der Waals surface area (Å²) >= 11 is 0. The van der Waals surface area contributed by atoms with Crippen LogP contribution in [-0.2, 0) is 17.8 Å². The molecule has 4 heteroatoms. The second kappa shape index (κ2) is 5.43. The van der Waals surface area contributed by atoms with Gasteiger partial charge in [0.05, 0.1) is 12.1 Å². The molecule has 0 aromatic heterocycles. The molecule has 4 nitrogen and oxygen atoms in total. The monoisotopic (exact) mass is 288 g/mol. The molecular formula is C17H24N2O2. The second-order valence-electron chi connectivity index (χ2n) is 6.74. The lowest BCUT2D eigenvalue weighted by atomic mass is 9.83. The molecule has 1 amide bonds. The highest BCUT2D eigenvalue weighted by atomic mass is 16.3. The van der Waals surface area contributed by atoms with Gasteiger partial charge in [-0.05, 0) is 23.5 Å². The molecule has 2 aliphatic heterocycles. The SMILES string of the molecule is CC(C)C1(O)CN(CC(=O)N2CCc3ccccc3C2)C1. The fraction of sp³-hybridized carbons (Fsp3) is 0.588. The molecule has 1 aromatic carbocycles. The van der Waals surface area contributed by atoms with Crippen LogP contribution in [0.3, 0.4) is 0 Å². The Morgan fingerprint density at radius 1 is 1.29 bits per heavy atom. The van der Waals surface area contributed by atoms with Crippen molar-refractivity contribution >= 4 is 5.91 Å². The molecule has 0 saturated carbocycles. The molecule has 0 unspecified atom stereocenters. The minimum atomic E-state index is -0.602. The Morgan fingerprint density at radius 3 is 2.62 bits per heavy atom. The van der Waals surface area contributed by atoms with Crippen LogP contribution in [-0.4, -0.2) is 52.6 Å². The fourth-order valence-corrected chi connectivity index (χ4v) is 3.20. The third-order valence-electron chi connectivity index (χ3n) is 4.91. The van der Waals surface area contributed by atoms with Crippen LogP contribution in [0.4, 0.5) is 0 Å². The Kier molecular flexibility index (Phi) is 3.76. The summed E-state index contributed by atoms with van der Waals surface area (Å²) < 4.78 is 0. The summed E-state index contributed by atoms with van der Waals surface area (Å²) in [5.74, 6) is 0.418. The molecule has 2 aliphatic rings. The zero-order valence-electron chi connectivity index (χ0n) is 12.9. The molecule has 1 fully saturated rings. The van der Waals surface area contributed by atoms with Crippen molar-refractivity contribution in [1.82, 2.24) is 9.80 Å². The lowest BCUT2D eigenvalue weighted by molar-refractivity contribution is -0.149. The van der Waals surface area contributed by atoms with E-state index in [1.165, 1.54) is 11.1 Å². The number of hydrogen-bond donors (Lipinski definition) is 1. The number of fused-ring (bicyclic) bond motifs is 1. The van der Waals surface area contributed by atoms with Crippen LogP contribution in [0.25, 0.3) is 0 Å². The van der Waals surface area contributed by atoms with Gasteiger partial charge in [-0.25, -0.2) is 0 Å². The quantitative estimate of drug-likeness (QED) is 0.911. The third-order valence-corrected chi connectivity index (χ3v) is 4.91. The van der Waals surface area contributed by atoms with Gasteiger partial charge in [-0.1, -0.05) is 38.1 Å². The Hall–Kier alpha value is -1.39. The molecule has 3 rings (SSSR count). The summed E-state index contributed by atoms with van der Waals surface area (Å²) in [6.45, 7) is 7.23. The molecule has 0 aliphatic carbocycles. The van der Waals surface area contributed by atoms with E-state index < -0.39 is 5.60 Å². The van der Waals surface area contributed by atoms with Crippen molar-refractivity contribution < 1.29 is 9.90 Å². The lowest BCUT2D eigenvalue weighted by Crippen LogP contribution is -2.65. The molecule has 0 atom stereocenters. The van der Waals surface area contributed by atoms with Crippen molar-refractivity contribution in [2.75, 3.05) is 26.2 Å². The van der Waals surface area contributed by atoms with Crippen molar-refractivity contribution in [3.05, 3.63) is 35.4 Å². The Balaban J connectivity index is 1.54. The standard InChI is InChI=1S/C17H24N2O2/c1-13(2)17(21)11-18(12-17)10-16(20)19-8-7-14-5-3-4-6-15(14)9-19/h3-6,13,21H,7-12H2,1-2H3. The van der Waals surface area contributed by atoms with Gasteiger partial charge in [-0.15, -0.1) is 0 Å². The van der Waals surface area contributed by atoms with Crippen LogP contribution in [0.2, 0.25) is 0 Å². The maximum atomic E-state index is 12.4. The minimum Gasteiger partial charge on any atom is -0.387 e. The first-order valence-corrected chi connectivity index (χ1v) is 7.77. The summed E-state index contributed by atoms with van der Waals surface area (Å²) in [6, 6.07) is 8.35. The number of β-amino-alcohol motifs (C(OH)–C–C–N with tert-alkyl or cyclic N) is 1. The summed E-state index contributed by atoms with van der Waals surface area (Å²) in [5.41, 5.74) is 2.02. The van der Waals surface area contributed by atoms with E-state index in [9.17, 15) is 9.90 Å². The van der Waals surface area contributed by atoms with Gasteiger partial charge in [0.1, 0.15) is 0 Å². The van der Waals surface area contributed by atoms with E-state index in [1.807, 2.05) is 29.7 Å². The largest absolute Gasteiger partial charge is 0.387 e. The highest BCUT2D eigenvalue weighted by Crippen LogP contribution is 2.28. The fourth-order valence-electron chi connectivity index (χ4n) is 3.20. The molecule has 1 saturated heterocycles.